The van der Waals surface area contributed by atoms with Gasteiger partial charge in [0, 0.05) is 24.4 Å². The van der Waals surface area contributed by atoms with Gasteiger partial charge in [0.1, 0.15) is 11.3 Å². The van der Waals surface area contributed by atoms with Crippen molar-refractivity contribution in [3.05, 3.63) is 24.2 Å². The maximum Gasteiger partial charge on any atom is 0.160 e. The molecule has 4 heterocycles. The van der Waals surface area contributed by atoms with E-state index in [-0.39, 0.29) is 0 Å². The van der Waals surface area contributed by atoms with Crippen molar-refractivity contribution >= 4 is 22.9 Å². The topological polar surface area (TPSA) is 42.7 Å². The lowest BCUT2D eigenvalue weighted by molar-refractivity contribution is 0.524. The first-order chi connectivity index (χ1) is 10.4. The van der Waals surface area contributed by atoms with Crippen LogP contribution in [0.1, 0.15) is 37.5 Å². The van der Waals surface area contributed by atoms with E-state index in [0.717, 1.165) is 35.9 Å². The highest BCUT2D eigenvalue weighted by Gasteiger charge is 2.25. The molecule has 2 aromatic rings. The molecule has 112 valence electrons. The molecule has 2 unspecified atom stereocenters. The fraction of sp³-hybridized carbons (Fsp3) is 0.625. The van der Waals surface area contributed by atoms with E-state index in [4.69, 9.17) is 4.98 Å². The Bertz CT molecular complexity index is 612. The van der Waals surface area contributed by atoms with Gasteiger partial charge in [-0.25, -0.2) is 9.97 Å². The lowest BCUT2D eigenvalue weighted by atomic mass is 10.1. The number of nitrogens with zero attached hydrogens (tertiary/aromatic N) is 3. The highest BCUT2D eigenvalue weighted by molar-refractivity contribution is 7.99. The summed E-state index contributed by atoms with van der Waals surface area (Å²) in [6.07, 6.45) is 8.27. The molecule has 4 rings (SSSR count). The number of fused-ring (bicyclic) bond motifs is 1. The SMILES string of the molecule is c1cnc2c(c1)nc(CC1CCCCS1)n2C1CCNC1. The summed E-state index contributed by atoms with van der Waals surface area (Å²) in [5.41, 5.74) is 2.13. The van der Waals surface area contributed by atoms with E-state index in [2.05, 4.69) is 32.7 Å². The third kappa shape index (κ3) is 2.69. The Balaban J connectivity index is 1.70. The largest absolute Gasteiger partial charge is 0.315 e. The van der Waals surface area contributed by atoms with Crippen LogP contribution in [0.5, 0.6) is 0 Å². The van der Waals surface area contributed by atoms with Gasteiger partial charge >= 0.3 is 0 Å². The van der Waals surface area contributed by atoms with Crippen molar-refractivity contribution in [3.63, 3.8) is 0 Å². The minimum atomic E-state index is 0.522. The Hall–Kier alpha value is -1.07. The van der Waals surface area contributed by atoms with Gasteiger partial charge in [0.2, 0.25) is 0 Å². The Kier molecular flexibility index (Phi) is 3.86. The summed E-state index contributed by atoms with van der Waals surface area (Å²) < 4.78 is 2.42. The highest BCUT2D eigenvalue weighted by Crippen LogP contribution is 2.30. The van der Waals surface area contributed by atoms with Crippen molar-refractivity contribution in [3.8, 4) is 0 Å². The summed E-state index contributed by atoms with van der Waals surface area (Å²) in [6, 6.07) is 4.61. The molecule has 5 heteroatoms. The normalized spacial score (nSPS) is 26.5. The van der Waals surface area contributed by atoms with E-state index in [1.807, 2.05) is 12.3 Å². The molecule has 4 nitrogen and oxygen atoms in total. The Morgan fingerprint density at radius 3 is 3.14 bits per heavy atom. The lowest BCUT2D eigenvalue weighted by Gasteiger charge is -2.22. The number of thioether (sulfide) groups is 1. The average Bonchev–Trinajstić information content (AvgIpc) is 3.14. The molecular weight excluding hydrogens is 280 g/mol. The number of rotatable bonds is 3. The van der Waals surface area contributed by atoms with E-state index in [0.29, 0.717) is 6.04 Å². The molecular formula is C16H22N4S. The molecule has 1 N–H and O–H groups in total. The third-order valence-electron chi connectivity index (χ3n) is 4.61. The molecule has 21 heavy (non-hydrogen) atoms. The van der Waals surface area contributed by atoms with Gasteiger partial charge in [0.15, 0.2) is 5.65 Å². The number of hydrogen-bond donors (Lipinski definition) is 1. The molecule has 2 saturated heterocycles. The second-order valence-corrected chi connectivity index (χ2v) is 7.49. The molecule has 0 bridgehead atoms. The first-order valence-electron chi connectivity index (χ1n) is 8.06. The molecule has 0 spiro atoms. The van der Waals surface area contributed by atoms with Crippen LogP contribution in [0.4, 0.5) is 0 Å². The predicted molar refractivity (Wildman–Crippen MR) is 87.9 cm³/mol. The Morgan fingerprint density at radius 1 is 1.33 bits per heavy atom. The van der Waals surface area contributed by atoms with Crippen molar-refractivity contribution in [2.45, 2.75) is 43.4 Å². The smallest absolute Gasteiger partial charge is 0.160 e. The van der Waals surface area contributed by atoms with Crippen molar-refractivity contribution < 1.29 is 0 Å². The number of imidazole rings is 1. The summed E-state index contributed by atoms with van der Waals surface area (Å²) in [7, 11) is 0. The van der Waals surface area contributed by atoms with Gasteiger partial charge < -0.3 is 9.88 Å². The molecule has 0 radical (unpaired) electrons. The van der Waals surface area contributed by atoms with Crippen LogP contribution in [0.3, 0.4) is 0 Å². The fourth-order valence-electron chi connectivity index (χ4n) is 3.54. The standard InChI is InChI=1S/C16H22N4S/c1-2-9-21-13(4-1)10-15-19-14-5-3-7-18-16(14)20(15)12-6-8-17-11-12/h3,5,7,12-13,17H,1-2,4,6,8-11H2. The van der Waals surface area contributed by atoms with Gasteiger partial charge in [0.25, 0.3) is 0 Å². The number of hydrogen-bond acceptors (Lipinski definition) is 4. The number of pyridine rings is 1. The molecule has 2 atom stereocenters. The van der Waals surface area contributed by atoms with Crippen LogP contribution >= 0.6 is 11.8 Å². The summed E-state index contributed by atoms with van der Waals surface area (Å²) in [5.74, 6) is 2.56. The van der Waals surface area contributed by atoms with E-state index >= 15 is 0 Å². The van der Waals surface area contributed by atoms with Crippen LogP contribution in [0.15, 0.2) is 18.3 Å². The van der Waals surface area contributed by atoms with Crippen LogP contribution in [-0.4, -0.2) is 38.6 Å². The van der Waals surface area contributed by atoms with E-state index in [1.54, 1.807) is 0 Å². The summed E-state index contributed by atoms with van der Waals surface area (Å²) in [5, 5.41) is 4.21. The minimum Gasteiger partial charge on any atom is -0.315 e. The molecule has 0 aliphatic carbocycles. The molecule has 0 saturated carbocycles. The van der Waals surface area contributed by atoms with Gasteiger partial charge in [-0.15, -0.1) is 0 Å². The van der Waals surface area contributed by atoms with Gasteiger partial charge in [0.05, 0.1) is 6.04 Å². The number of aromatic nitrogens is 3. The van der Waals surface area contributed by atoms with Crippen LogP contribution in [0.2, 0.25) is 0 Å². The molecule has 0 amide bonds. The average molecular weight is 302 g/mol. The van der Waals surface area contributed by atoms with Gasteiger partial charge in [-0.05, 0) is 43.7 Å². The molecule has 2 aliphatic heterocycles. The zero-order chi connectivity index (χ0) is 14.1. The van der Waals surface area contributed by atoms with Crippen LogP contribution in [-0.2, 0) is 6.42 Å². The van der Waals surface area contributed by atoms with Crippen molar-refractivity contribution in [1.82, 2.24) is 19.9 Å². The highest BCUT2D eigenvalue weighted by atomic mass is 32.2. The quantitative estimate of drug-likeness (QED) is 0.947. The van der Waals surface area contributed by atoms with Crippen LogP contribution < -0.4 is 5.32 Å². The van der Waals surface area contributed by atoms with E-state index in [9.17, 15) is 0 Å². The van der Waals surface area contributed by atoms with Crippen molar-refractivity contribution in [2.24, 2.45) is 0 Å². The molecule has 2 aromatic heterocycles. The minimum absolute atomic E-state index is 0.522. The molecule has 0 aromatic carbocycles. The van der Waals surface area contributed by atoms with Crippen molar-refractivity contribution in [1.29, 1.82) is 0 Å². The molecule has 2 aliphatic rings. The summed E-state index contributed by atoms with van der Waals surface area (Å²) in [4.78, 5) is 9.52. The molecule has 2 fully saturated rings. The van der Waals surface area contributed by atoms with Gasteiger partial charge in [-0.1, -0.05) is 6.42 Å². The summed E-state index contributed by atoms with van der Waals surface area (Å²) >= 11 is 2.13. The van der Waals surface area contributed by atoms with E-state index in [1.165, 1.54) is 37.3 Å². The van der Waals surface area contributed by atoms with Crippen LogP contribution in [0, 0.1) is 0 Å². The third-order valence-corrected chi connectivity index (χ3v) is 6.00. The first kappa shape index (κ1) is 13.6. The maximum atomic E-state index is 4.91. The van der Waals surface area contributed by atoms with Gasteiger partial charge in [-0.2, -0.15) is 11.8 Å². The van der Waals surface area contributed by atoms with Crippen molar-refractivity contribution in [2.75, 3.05) is 18.8 Å². The zero-order valence-corrected chi connectivity index (χ0v) is 13.1. The second-order valence-electron chi connectivity index (χ2n) is 6.08. The Labute approximate surface area is 129 Å². The lowest BCUT2D eigenvalue weighted by Crippen LogP contribution is -2.20. The number of nitrogens with one attached hydrogen (secondary N) is 1. The monoisotopic (exact) mass is 302 g/mol. The first-order valence-corrected chi connectivity index (χ1v) is 9.11. The predicted octanol–water partition coefficient (Wildman–Crippen LogP) is 2.79. The fourth-order valence-corrected chi connectivity index (χ4v) is 4.84. The van der Waals surface area contributed by atoms with Gasteiger partial charge in [-0.3, -0.25) is 0 Å². The Morgan fingerprint density at radius 2 is 2.33 bits per heavy atom. The zero-order valence-electron chi connectivity index (χ0n) is 12.3. The van der Waals surface area contributed by atoms with Crippen LogP contribution in [0.25, 0.3) is 11.2 Å². The van der Waals surface area contributed by atoms with E-state index < -0.39 is 0 Å². The second kappa shape index (κ2) is 5.97. The maximum absolute atomic E-state index is 4.91. The summed E-state index contributed by atoms with van der Waals surface area (Å²) in [6.45, 7) is 2.15.